The highest BCUT2D eigenvalue weighted by molar-refractivity contribution is 14.1. The summed E-state index contributed by atoms with van der Waals surface area (Å²) in [7, 11) is 0. The van der Waals surface area contributed by atoms with Gasteiger partial charge in [-0.1, -0.05) is 35.4 Å². The van der Waals surface area contributed by atoms with Gasteiger partial charge in [0.2, 0.25) is 0 Å². The molecule has 0 aliphatic carbocycles. The first-order chi connectivity index (χ1) is 9.45. The second kappa shape index (κ2) is 8.43. The summed E-state index contributed by atoms with van der Waals surface area (Å²) in [6, 6.07) is 1.95. The number of nitrogens with one attached hydrogen (secondary N) is 1. The molecule has 0 fully saturated rings. The minimum atomic E-state index is -4.43. The Kier molecular flexibility index (Phi) is 7.25. The van der Waals surface area contributed by atoms with Crippen LogP contribution >= 0.6 is 22.6 Å². The smallest absolute Gasteiger partial charge is 0.351 e. The number of carbonyl (C=O) groups is 1. The Morgan fingerprint density at radius 2 is 1.90 bits per heavy atom. The van der Waals surface area contributed by atoms with E-state index in [0.717, 1.165) is 42.2 Å². The predicted molar refractivity (Wildman–Crippen MR) is 78.9 cm³/mol. The van der Waals surface area contributed by atoms with Crippen molar-refractivity contribution in [2.24, 2.45) is 0 Å². The molecule has 0 unspecified atom stereocenters. The second-order valence-electron chi connectivity index (χ2n) is 4.29. The zero-order valence-corrected chi connectivity index (χ0v) is 13.0. The molecule has 1 aromatic rings. The summed E-state index contributed by atoms with van der Waals surface area (Å²) >= 11 is 2.32. The van der Waals surface area contributed by atoms with Gasteiger partial charge < -0.3 is 5.32 Å². The number of hydrogen-bond acceptors (Lipinski definition) is 2. The van der Waals surface area contributed by atoms with Crippen LogP contribution in [0.2, 0.25) is 0 Å². The van der Waals surface area contributed by atoms with Crippen molar-refractivity contribution >= 4 is 28.5 Å². The van der Waals surface area contributed by atoms with E-state index in [0.29, 0.717) is 12.7 Å². The van der Waals surface area contributed by atoms with Crippen molar-refractivity contribution in [2.45, 2.75) is 31.9 Å². The Morgan fingerprint density at radius 1 is 1.20 bits per heavy atom. The number of rotatable bonds is 7. The van der Waals surface area contributed by atoms with Crippen molar-refractivity contribution in [3.05, 3.63) is 29.6 Å². The lowest BCUT2D eigenvalue weighted by atomic mass is 10.2. The summed E-state index contributed by atoms with van der Waals surface area (Å²) in [5.41, 5.74) is -0.849. The van der Waals surface area contributed by atoms with Crippen LogP contribution in [0.3, 0.4) is 0 Å². The van der Waals surface area contributed by atoms with Crippen molar-refractivity contribution in [1.82, 2.24) is 10.3 Å². The van der Waals surface area contributed by atoms with Gasteiger partial charge in [0.25, 0.3) is 5.91 Å². The minimum Gasteiger partial charge on any atom is -0.351 e. The van der Waals surface area contributed by atoms with E-state index in [2.05, 4.69) is 32.9 Å². The van der Waals surface area contributed by atoms with Crippen LogP contribution in [-0.2, 0) is 6.18 Å². The number of alkyl halides is 4. The van der Waals surface area contributed by atoms with Crippen molar-refractivity contribution < 1.29 is 18.0 Å². The van der Waals surface area contributed by atoms with Gasteiger partial charge in [-0.05, 0) is 29.4 Å². The molecule has 1 amide bonds. The van der Waals surface area contributed by atoms with E-state index < -0.39 is 17.6 Å². The van der Waals surface area contributed by atoms with Gasteiger partial charge in [0.15, 0.2) is 0 Å². The summed E-state index contributed by atoms with van der Waals surface area (Å²) in [5, 5.41) is 2.65. The first kappa shape index (κ1) is 17.2. The molecule has 1 N–H and O–H groups in total. The van der Waals surface area contributed by atoms with E-state index in [4.69, 9.17) is 0 Å². The summed E-state index contributed by atoms with van der Waals surface area (Å²) < 4.78 is 38.1. The molecule has 1 aromatic heterocycles. The minimum absolute atomic E-state index is 0.00487. The third-order valence-corrected chi connectivity index (χ3v) is 3.43. The molecule has 0 atom stereocenters. The average molecular weight is 400 g/mol. The van der Waals surface area contributed by atoms with Gasteiger partial charge in [-0.3, -0.25) is 9.78 Å². The van der Waals surface area contributed by atoms with E-state index in [9.17, 15) is 18.0 Å². The number of amides is 1. The predicted octanol–water partition coefficient (Wildman–Crippen LogP) is 3.83. The van der Waals surface area contributed by atoms with Crippen LogP contribution in [0.25, 0.3) is 0 Å². The van der Waals surface area contributed by atoms with Crippen LogP contribution in [0.15, 0.2) is 18.3 Å². The maximum atomic E-state index is 12.3. The molecular weight excluding hydrogens is 384 g/mol. The first-order valence-corrected chi connectivity index (χ1v) is 7.85. The Bertz CT molecular complexity index is 421. The maximum Gasteiger partial charge on any atom is 0.417 e. The van der Waals surface area contributed by atoms with Crippen LogP contribution in [0.5, 0.6) is 0 Å². The average Bonchev–Trinajstić information content (AvgIpc) is 2.41. The summed E-state index contributed by atoms with van der Waals surface area (Å²) in [6.45, 7) is 0.517. The van der Waals surface area contributed by atoms with Crippen molar-refractivity contribution in [3.63, 3.8) is 0 Å². The number of pyridine rings is 1. The number of hydrogen-bond donors (Lipinski definition) is 1. The van der Waals surface area contributed by atoms with Gasteiger partial charge >= 0.3 is 6.18 Å². The second-order valence-corrected chi connectivity index (χ2v) is 5.37. The molecular formula is C13H16F3IN2O. The molecule has 0 aliphatic heterocycles. The van der Waals surface area contributed by atoms with Crippen LogP contribution < -0.4 is 5.32 Å². The molecule has 0 aliphatic rings. The third kappa shape index (κ3) is 6.06. The summed E-state index contributed by atoms with van der Waals surface area (Å²) in [4.78, 5) is 15.2. The normalized spacial score (nSPS) is 11.4. The molecule has 0 radical (unpaired) electrons. The Hall–Kier alpha value is -0.860. The van der Waals surface area contributed by atoms with Crippen LogP contribution in [0, 0.1) is 0 Å². The summed E-state index contributed by atoms with van der Waals surface area (Å²) in [5.74, 6) is -0.437. The highest BCUT2D eigenvalue weighted by atomic mass is 127. The molecule has 0 spiro atoms. The third-order valence-electron chi connectivity index (χ3n) is 2.67. The molecule has 7 heteroatoms. The largest absolute Gasteiger partial charge is 0.417 e. The SMILES string of the molecule is O=C(NCCCCCCI)c1ccc(C(F)(F)F)cn1. The van der Waals surface area contributed by atoms with E-state index in [1.165, 1.54) is 0 Å². The van der Waals surface area contributed by atoms with Crippen LogP contribution in [0.4, 0.5) is 13.2 Å². The maximum absolute atomic E-state index is 12.3. The molecule has 0 saturated heterocycles. The lowest BCUT2D eigenvalue weighted by molar-refractivity contribution is -0.137. The zero-order chi connectivity index (χ0) is 15.0. The van der Waals surface area contributed by atoms with Crippen LogP contribution in [-0.4, -0.2) is 21.9 Å². The first-order valence-electron chi connectivity index (χ1n) is 6.32. The Labute approximate surface area is 129 Å². The lowest BCUT2D eigenvalue weighted by Gasteiger charge is -2.07. The number of unbranched alkanes of at least 4 members (excludes halogenated alkanes) is 3. The van der Waals surface area contributed by atoms with Crippen molar-refractivity contribution in [2.75, 3.05) is 11.0 Å². The van der Waals surface area contributed by atoms with Gasteiger partial charge in [-0.15, -0.1) is 0 Å². The zero-order valence-electron chi connectivity index (χ0n) is 10.8. The quantitative estimate of drug-likeness (QED) is 0.430. The molecule has 1 rings (SSSR count). The van der Waals surface area contributed by atoms with Gasteiger partial charge in [0, 0.05) is 12.7 Å². The number of halogens is 4. The molecule has 0 bridgehead atoms. The standard InChI is InChI=1S/C13H16F3IN2O/c14-13(15,16)10-5-6-11(19-9-10)12(20)18-8-4-2-1-3-7-17/h5-6,9H,1-4,7-8H2,(H,18,20). The molecule has 0 saturated carbocycles. The molecule has 3 nitrogen and oxygen atoms in total. The molecule has 0 aromatic carbocycles. The number of nitrogens with zero attached hydrogens (tertiary/aromatic N) is 1. The molecule has 112 valence electrons. The van der Waals surface area contributed by atoms with Crippen LogP contribution in [0.1, 0.15) is 41.7 Å². The molecule has 20 heavy (non-hydrogen) atoms. The highest BCUT2D eigenvalue weighted by Crippen LogP contribution is 2.28. The fraction of sp³-hybridized carbons (Fsp3) is 0.538. The van der Waals surface area contributed by atoms with Crippen molar-refractivity contribution in [3.8, 4) is 0 Å². The van der Waals surface area contributed by atoms with Gasteiger partial charge in [0.05, 0.1) is 5.56 Å². The van der Waals surface area contributed by atoms with E-state index in [1.807, 2.05) is 0 Å². The number of carbonyl (C=O) groups excluding carboxylic acids is 1. The topological polar surface area (TPSA) is 42.0 Å². The van der Waals surface area contributed by atoms with E-state index >= 15 is 0 Å². The summed E-state index contributed by atoms with van der Waals surface area (Å²) in [6.07, 6.45) is 0.426. The van der Waals surface area contributed by atoms with Crippen molar-refractivity contribution in [1.29, 1.82) is 0 Å². The highest BCUT2D eigenvalue weighted by Gasteiger charge is 2.30. The van der Waals surface area contributed by atoms with Gasteiger partial charge in [0.1, 0.15) is 5.69 Å². The van der Waals surface area contributed by atoms with E-state index in [-0.39, 0.29) is 5.69 Å². The lowest BCUT2D eigenvalue weighted by Crippen LogP contribution is -2.25. The molecule has 1 heterocycles. The van der Waals surface area contributed by atoms with Gasteiger partial charge in [-0.2, -0.15) is 13.2 Å². The Balaban J connectivity index is 2.37. The van der Waals surface area contributed by atoms with Gasteiger partial charge in [-0.25, -0.2) is 0 Å². The monoisotopic (exact) mass is 400 g/mol. The number of aromatic nitrogens is 1. The van der Waals surface area contributed by atoms with E-state index in [1.54, 1.807) is 0 Å². The Morgan fingerprint density at radius 3 is 2.45 bits per heavy atom. The fourth-order valence-electron chi connectivity index (χ4n) is 1.56. The fourth-order valence-corrected chi connectivity index (χ4v) is 2.10.